The average molecular weight is 457 g/mol. The lowest BCUT2D eigenvalue weighted by Gasteiger charge is -2.27. The predicted molar refractivity (Wildman–Crippen MR) is 110 cm³/mol. The van der Waals surface area contributed by atoms with E-state index in [1.807, 2.05) is 6.07 Å². The number of hydrogen-bond acceptors (Lipinski definition) is 6. The van der Waals surface area contributed by atoms with Crippen LogP contribution < -0.4 is 0 Å². The molecule has 0 saturated carbocycles. The molecule has 0 aliphatic heterocycles. The van der Waals surface area contributed by atoms with Gasteiger partial charge in [-0.25, -0.2) is 12.8 Å². The molecular formula is C21H14ClFN4O3S. The lowest BCUT2D eigenvalue weighted by molar-refractivity contribution is 0.128. The largest absolute Gasteiger partial charge is 0.358 e. The first kappa shape index (κ1) is 19.7. The van der Waals surface area contributed by atoms with Gasteiger partial charge in [0.15, 0.2) is 0 Å². The molecule has 156 valence electrons. The molecule has 7 nitrogen and oxygen atoms in total. The van der Waals surface area contributed by atoms with Crippen LogP contribution in [0, 0.1) is 17.2 Å². The van der Waals surface area contributed by atoms with Crippen molar-refractivity contribution in [1.82, 2.24) is 15.1 Å². The highest BCUT2D eigenvalue weighted by Gasteiger charge is 2.59. The van der Waals surface area contributed by atoms with E-state index in [4.69, 9.17) is 21.4 Å². The maximum absolute atomic E-state index is 16.8. The SMILES string of the molecule is N#Cc1noc(C(F)(C2Cc3[nH]c4ccc(Cl)cc4c3C2)S(=O)(=O)c2ccccc2)n1. The van der Waals surface area contributed by atoms with Gasteiger partial charge in [-0.2, -0.15) is 10.2 Å². The van der Waals surface area contributed by atoms with Gasteiger partial charge in [-0.3, -0.25) is 0 Å². The molecule has 0 bridgehead atoms. The minimum absolute atomic E-state index is 0.106. The number of nitrogens with zero attached hydrogens (tertiary/aromatic N) is 3. The molecular weight excluding hydrogens is 443 g/mol. The summed E-state index contributed by atoms with van der Waals surface area (Å²) < 4.78 is 48.8. The summed E-state index contributed by atoms with van der Waals surface area (Å²) in [6, 6.07) is 14.3. The van der Waals surface area contributed by atoms with Crippen molar-refractivity contribution in [2.45, 2.75) is 22.7 Å². The lowest BCUT2D eigenvalue weighted by atomic mass is 9.98. The Morgan fingerprint density at radius 1 is 1.23 bits per heavy atom. The Hall–Kier alpha value is -3.22. The van der Waals surface area contributed by atoms with E-state index in [-0.39, 0.29) is 17.7 Å². The van der Waals surface area contributed by atoms with Crippen molar-refractivity contribution >= 4 is 32.3 Å². The molecule has 2 aromatic carbocycles. The first-order chi connectivity index (χ1) is 14.8. The monoisotopic (exact) mass is 456 g/mol. The van der Waals surface area contributed by atoms with Crippen molar-refractivity contribution < 1.29 is 17.3 Å². The van der Waals surface area contributed by atoms with Crippen LogP contribution in [0.25, 0.3) is 10.9 Å². The van der Waals surface area contributed by atoms with Crippen LogP contribution in [0.3, 0.4) is 0 Å². The average Bonchev–Trinajstić information content (AvgIpc) is 3.49. The highest BCUT2D eigenvalue weighted by molar-refractivity contribution is 7.92. The summed E-state index contributed by atoms with van der Waals surface area (Å²) in [5.41, 5.74) is 2.37. The number of aromatic nitrogens is 3. The number of halogens is 2. The summed E-state index contributed by atoms with van der Waals surface area (Å²) in [7, 11) is -4.60. The van der Waals surface area contributed by atoms with Crippen LogP contribution >= 0.6 is 11.6 Å². The topological polar surface area (TPSA) is 113 Å². The van der Waals surface area contributed by atoms with Gasteiger partial charge in [-0.05, 0) is 53.9 Å². The number of sulfone groups is 1. The van der Waals surface area contributed by atoms with E-state index in [1.165, 1.54) is 24.3 Å². The Morgan fingerprint density at radius 2 is 2.00 bits per heavy atom. The molecule has 0 spiro atoms. The van der Waals surface area contributed by atoms with Gasteiger partial charge < -0.3 is 9.51 Å². The van der Waals surface area contributed by atoms with Crippen LogP contribution in [0.1, 0.15) is 23.0 Å². The third-order valence-electron chi connectivity index (χ3n) is 5.64. The van der Waals surface area contributed by atoms with Crippen LogP contribution in [0.15, 0.2) is 57.9 Å². The second-order valence-corrected chi connectivity index (χ2v) is 9.88. The zero-order valence-electron chi connectivity index (χ0n) is 15.8. The van der Waals surface area contributed by atoms with Gasteiger partial charge in [0.2, 0.25) is 9.84 Å². The van der Waals surface area contributed by atoms with Crippen molar-refractivity contribution in [2.24, 2.45) is 5.92 Å². The van der Waals surface area contributed by atoms with E-state index in [0.29, 0.717) is 5.02 Å². The van der Waals surface area contributed by atoms with Crippen molar-refractivity contribution in [3.8, 4) is 6.07 Å². The van der Waals surface area contributed by atoms with Gasteiger partial charge >= 0.3 is 0 Å². The van der Waals surface area contributed by atoms with Crippen molar-refractivity contribution in [1.29, 1.82) is 5.26 Å². The third-order valence-corrected chi connectivity index (χ3v) is 8.06. The van der Waals surface area contributed by atoms with E-state index in [2.05, 4.69) is 15.1 Å². The fraction of sp³-hybridized carbons (Fsp3) is 0.190. The van der Waals surface area contributed by atoms with Crippen LogP contribution in [-0.4, -0.2) is 23.5 Å². The molecule has 1 aliphatic rings. The Kier molecular flexibility index (Phi) is 4.39. The number of alkyl halides is 1. The number of benzene rings is 2. The van der Waals surface area contributed by atoms with Gasteiger partial charge in [0, 0.05) is 27.5 Å². The molecule has 10 heteroatoms. The van der Waals surface area contributed by atoms with E-state index in [0.717, 1.165) is 22.2 Å². The maximum atomic E-state index is 16.8. The van der Waals surface area contributed by atoms with Gasteiger partial charge in [0.05, 0.1) is 4.90 Å². The summed E-state index contributed by atoms with van der Waals surface area (Å²) in [4.78, 5) is 6.75. The normalized spacial score (nSPS) is 17.9. The maximum Gasteiger partial charge on any atom is 0.295 e. The molecule has 2 atom stereocenters. The quantitative estimate of drug-likeness (QED) is 0.495. The molecule has 1 N–H and O–H groups in total. The molecule has 0 fully saturated rings. The predicted octanol–water partition coefficient (Wildman–Crippen LogP) is 4.09. The molecule has 5 rings (SSSR count). The molecule has 2 aromatic heterocycles. The molecule has 4 aromatic rings. The van der Waals surface area contributed by atoms with Crippen molar-refractivity contribution in [2.75, 3.05) is 0 Å². The molecule has 2 unspecified atom stereocenters. The van der Waals surface area contributed by atoms with E-state index < -0.39 is 32.5 Å². The second-order valence-electron chi connectivity index (χ2n) is 7.37. The van der Waals surface area contributed by atoms with Gasteiger partial charge in [-0.15, -0.1) is 0 Å². The van der Waals surface area contributed by atoms with Gasteiger partial charge in [0.1, 0.15) is 6.07 Å². The van der Waals surface area contributed by atoms with Gasteiger partial charge in [-0.1, -0.05) is 29.8 Å². The minimum Gasteiger partial charge on any atom is -0.358 e. The molecule has 0 saturated heterocycles. The number of hydrogen-bond donors (Lipinski definition) is 1. The Balaban J connectivity index is 1.66. The van der Waals surface area contributed by atoms with Gasteiger partial charge in [0.25, 0.3) is 16.7 Å². The Bertz CT molecular complexity index is 1460. The summed E-state index contributed by atoms with van der Waals surface area (Å²) in [6.07, 6.45) is 0.219. The summed E-state index contributed by atoms with van der Waals surface area (Å²) in [5, 5.41) is 10.7. The van der Waals surface area contributed by atoms with Crippen LogP contribution in [0.2, 0.25) is 5.02 Å². The van der Waals surface area contributed by atoms with E-state index in [1.54, 1.807) is 24.3 Å². The smallest absolute Gasteiger partial charge is 0.295 e. The van der Waals surface area contributed by atoms with E-state index >= 15 is 4.39 Å². The Labute approximate surface area is 181 Å². The first-order valence-corrected chi connectivity index (χ1v) is 11.2. The zero-order valence-corrected chi connectivity index (χ0v) is 17.4. The number of aromatic amines is 1. The third kappa shape index (κ3) is 2.86. The van der Waals surface area contributed by atoms with Crippen molar-refractivity contribution in [3.05, 3.63) is 76.5 Å². The zero-order chi connectivity index (χ0) is 21.8. The number of nitriles is 1. The molecule has 1 aliphatic carbocycles. The summed E-state index contributed by atoms with van der Waals surface area (Å²) >= 11 is 6.12. The minimum atomic E-state index is -4.60. The van der Waals surface area contributed by atoms with Crippen molar-refractivity contribution in [3.63, 3.8) is 0 Å². The summed E-state index contributed by atoms with van der Waals surface area (Å²) in [6.45, 7) is 0. The number of rotatable bonds is 4. The molecule has 31 heavy (non-hydrogen) atoms. The number of H-pyrrole nitrogens is 1. The fourth-order valence-corrected chi connectivity index (χ4v) is 6.15. The van der Waals surface area contributed by atoms with Crippen LogP contribution in [0.5, 0.6) is 0 Å². The van der Waals surface area contributed by atoms with Crippen LogP contribution in [-0.2, 0) is 27.7 Å². The van der Waals surface area contributed by atoms with E-state index in [9.17, 15) is 8.42 Å². The fourth-order valence-electron chi connectivity index (χ4n) is 4.20. The summed E-state index contributed by atoms with van der Waals surface area (Å²) in [5.74, 6) is -2.23. The standard InChI is InChI=1S/C21H14ClFN4O3S/c22-13-6-7-17-16(10-13)15-8-12(9-18(15)25-17)21(23,20-26-19(11-24)27-30-20)31(28,29)14-4-2-1-3-5-14/h1-7,10,12,25H,8-9H2. The lowest BCUT2D eigenvalue weighted by Crippen LogP contribution is -2.40. The highest BCUT2D eigenvalue weighted by atomic mass is 35.5. The first-order valence-electron chi connectivity index (χ1n) is 9.36. The second kappa shape index (κ2) is 6.90. The van der Waals surface area contributed by atoms with Crippen LogP contribution in [0.4, 0.5) is 4.39 Å². The molecule has 0 amide bonds. The Morgan fingerprint density at radius 3 is 2.71 bits per heavy atom. The molecule has 2 heterocycles. The number of fused-ring (bicyclic) bond motifs is 3. The molecule has 0 radical (unpaired) electrons. The highest BCUT2D eigenvalue weighted by Crippen LogP contribution is 2.49. The number of nitrogens with one attached hydrogen (secondary N) is 1.